The Morgan fingerprint density at radius 2 is 1.83 bits per heavy atom. The Bertz CT molecular complexity index is 1410. The van der Waals surface area contributed by atoms with Crippen molar-refractivity contribution < 1.29 is 18.3 Å². The zero-order chi connectivity index (χ0) is 24.8. The SMILES string of the molecule is O=C(O)CNc1cccc(CN(Cc2ccc(-c3ncc(Cl)s3)cc2)S(=O)(=O)c2ccccn2)n1. The summed E-state index contributed by atoms with van der Waals surface area (Å²) < 4.78 is 28.8. The van der Waals surface area contributed by atoms with E-state index in [-0.39, 0.29) is 24.7 Å². The number of hydrogen-bond donors (Lipinski definition) is 2. The summed E-state index contributed by atoms with van der Waals surface area (Å²) in [5.41, 5.74) is 2.09. The number of nitrogens with zero attached hydrogens (tertiary/aromatic N) is 4. The second-order valence-corrected chi connectivity index (χ2v) is 10.9. The fourth-order valence-electron chi connectivity index (χ4n) is 3.22. The molecule has 2 N–H and O–H groups in total. The predicted molar refractivity (Wildman–Crippen MR) is 134 cm³/mol. The van der Waals surface area contributed by atoms with Gasteiger partial charge in [-0.1, -0.05) is 48.0 Å². The minimum atomic E-state index is -3.96. The van der Waals surface area contributed by atoms with E-state index < -0.39 is 16.0 Å². The molecule has 0 radical (unpaired) electrons. The first-order valence-corrected chi connectivity index (χ1v) is 13.0. The molecular formula is C23H20ClN5O4S2. The van der Waals surface area contributed by atoms with Crippen molar-refractivity contribution in [3.63, 3.8) is 0 Å². The number of halogens is 1. The van der Waals surface area contributed by atoms with Gasteiger partial charge in [-0.15, -0.1) is 11.3 Å². The van der Waals surface area contributed by atoms with E-state index in [2.05, 4.69) is 20.3 Å². The van der Waals surface area contributed by atoms with Gasteiger partial charge >= 0.3 is 5.97 Å². The molecule has 3 heterocycles. The lowest BCUT2D eigenvalue weighted by molar-refractivity contribution is -0.134. The molecule has 0 atom stereocenters. The smallest absolute Gasteiger partial charge is 0.322 e. The second-order valence-electron chi connectivity index (χ2n) is 7.37. The monoisotopic (exact) mass is 529 g/mol. The highest BCUT2D eigenvalue weighted by Gasteiger charge is 2.26. The number of aromatic nitrogens is 3. The maximum atomic E-state index is 13.5. The largest absolute Gasteiger partial charge is 0.480 e. The number of hydrogen-bond acceptors (Lipinski definition) is 8. The minimum absolute atomic E-state index is 0.0364. The number of carboxylic acid groups (broad SMARTS) is 1. The van der Waals surface area contributed by atoms with Gasteiger partial charge in [0.1, 0.15) is 21.7 Å². The van der Waals surface area contributed by atoms with Gasteiger partial charge in [-0.3, -0.25) is 4.79 Å². The molecule has 0 unspecified atom stereocenters. The molecule has 0 fully saturated rings. The molecule has 9 nitrogen and oxygen atoms in total. The van der Waals surface area contributed by atoms with Crippen LogP contribution in [0.5, 0.6) is 0 Å². The van der Waals surface area contributed by atoms with Gasteiger partial charge in [0.05, 0.1) is 18.4 Å². The standard InChI is InChI=1S/C23H20ClN5O4S2/c24-19-12-27-23(34-19)17-9-7-16(8-10-17)14-29(35(32,33)21-6-1-2-11-25-21)15-18-4-3-5-20(28-18)26-13-22(30)31/h1-12H,13-15H2,(H,26,28)(H,30,31). The molecule has 0 saturated carbocycles. The molecule has 12 heteroatoms. The molecule has 4 rings (SSSR count). The maximum absolute atomic E-state index is 13.5. The Kier molecular flexibility index (Phi) is 7.71. The number of benzene rings is 1. The molecular weight excluding hydrogens is 510 g/mol. The van der Waals surface area contributed by atoms with Crippen molar-refractivity contribution in [2.24, 2.45) is 0 Å². The quantitative estimate of drug-likeness (QED) is 0.314. The highest BCUT2D eigenvalue weighted by atomic mass is 35.5. The number of anilines is 1. The Balaban J connectivity index is 1.61. The van der Waals surface area contributed by atoms with Gasteiger partial charge in [-0.2, -0.15) is 4.31 Å². The lowest BCUT2D eigenvalue weighted by atomic mass is 10.1. The first-order valence-electron chi connectivity index (χ1n) is 10.3. The first-order chi connectivity index (χ1) is 16.8. The Morgan fingerprint density at radius 3 is 2.49 bits per heavy atom. The maximum Gasteiger partial charge on any atom is 0.322 e. The van der Waals surface area contributed by atoms with Crippen LogP contribution in [0.25, 0.3) is 10.6 Å². The van der Waals surface area contributed by atoms with Crippen LogP contribution in [0.2, 0.25) is 4.34 Å². The minimum Gasteiger partial charge on any atom is -0.480 e. The molecule has 3 aromatic heterocycles. The molecule has 4 aromatic rings. The molecule has 0 spiro atoms. The summed E-state index contributed by atoms with van der Waals surface area (Å²) in [7, 11) is -3.96. The Hall–Kier alpha value is -3.38. The van der Waals surface area contributed by atoms with Crippen LogP contribution in [0.15, 0.2) is 78.1 Å². The Labute approximate surface area is 211 Å². The fourth-order valence-corrected chi connectivity index (χ4v) is 5.46. The summed E-state index contributed by atoms with van der Waals surface area (Å²) in [6.07, 6.45) is 3.01. The number of pyridine rings is 2. The van der Waals surface area contributed by atoms with Crippen molar-refractivity contribution in [1.29, 1.82) is 0 Å². The molecule has 0 saturated heterocycles. The summed E-state index contributed by atoms with van der Waals surface area (Å²) in [6.45, 7) is -0.263. The fraction of sp³-hybridized carbons (Fsp3) is 0.130. The number of carbonyl (C=O) groups is 1. The molecule has 1 aromatic carbocycles. The number of carboxylic acids is 1. The highest BCUT2D eigenvalue weighted by molar-refractivity contribution is 7.89. The van der Waals surface area contributed by atoms with E-state index in [1.165, 1.54) is 27.9 Å². The number of rotatable bonds is 10. The van der Waals surface area contributed by atoms with E-state index in [0.717, 1.165) is 16.1 Å². The van der Waals surface area contributed by atoms with Gasteiger partial charge in [0.15, 0.2) is 5.03 Å². The van der Waals surface area contributed by atoms with Crippen molar-refractivity contribution in [2.75, 3.05) is 11.9 Å². The molecule has 35 heavy (non-hydrogen) atoms. The van der Waals surface area contributed by atoms with Crippen molar-refractivity contribution in [1.82, 2.24) is 19.3 Å². The molecule has 0 aliphatic carbocycles. The third kappa shape index (κ3) is 6.40. The van der Waals surface area contributed by atoms with Crippen LogP contribution in [0.4, 0.5) is 5.82 Å². The van der Waals surface area contributed by atoms with Crippen molar-refractivity contribution >= 4 is 44.7 Å². The lowest BCUT2D eigenvalue weighted by Crippen LogP contribution is -2.31. The van der Waals surface area contributed by atoms with Crippen LogP contribution in [0, 0.1) is 0 Å². The van der Waals surface area contributed by atoms with Crippen molar-refractivity contribution in [3.8, 4) is 10.6 Å². The number of sulfonamides is 1. The van der Waals surface area contributed by atoms with Gasteiger partial charge in [0.25, 0.3) is 10.0 Å². The Morgan fingerprint density at radius 1 is 1.03 bits per heavy atom. The summed E-state index contributed by atoms with van der Waals surface area (Å²) in [4.78, 5) is 23.5. The second kappa shape index (κ2) is 10.9. The van der Waals surface area contributed by atoms with E-state index in [0.29, 0.717) is 15.8 Å². The lowest BCUT2D eigenvalue weighted by Gasteiger charge is -2.22. The van der Waals surface area contributed by atoms with E-state index in [1.54, 1.807) is 36.5 Å². The number of nitrogens with one attached hydrogen (secondary N) is 1. The van der Waals surface area contributed by atoms with Gasteiger partial charge in [-0.05, 0) is 29.8 Å². The van der Waals surface area contributed by atoms with Crippen LogP contribution in [0.3, 0.4) is 0 Å². The summed E-state index contributed by atoms with van der Waals surface area (Å²) in [6, 6.07) is 17.1. The zero-order valence-electron chi connectivity index (χ0n) is 18.2. The molecule has 0 aliphatic heterocycles. The van der Waals surface area contributed by atoms with E-state index in [1.807, 2.05) is 24.3 Å². The summed E-state index contributed by atoms with van der Waals surface area (Å²) in [5, 5.41) is 12.3. The summed E-state index contributed by atoms with van der Waals surface area (Å²) >= 11 is 7.34. The van der Waals surface area contributed by atoms with Crippen LogP contribution in [-0.2, 0) is 27.9 Å². The average molecular weight is 530 g/mol. The molecule has 0 bridgehead atoms. The number of thiazole rings is 1. The van der Waals surface area contributed by atoms with E-state index >= 15 is 0 Å². The molecule has 0 amide bonds. The number of aliphatic carboxylic acids is 1. The molecule has 180 valence electrons. The van der Waals surface area contributed by atoms with Gasteiger partial charge in [0, 0.05) is 18.3 Å². The summed E-state index contributed by atoms with van der Waals surface area (Å²) in [5.74, 6) is -0.688. The van der Waals surface area contributed by atoms with Gasteiger partial charge in [-0.25, -0.2) is 23.4 Å². The van der Waals surface area contributed by atoms with Crippen LogP contribution in [-0.4, -0.2) is 45.3 Å². The highest BCUT2D eigenvalue weighted by Crippen LogP contribution is 2.28. The van der Waals surface area contributed by atoms with Crippen molar-refractivity contribution in [3.05, 3.63) is 88.7 Å². The average Bonchev–Trinajstić information content (AvgIpc) is 3.30. The van der Waals surface area contributed by atoms with Gasteiger partial charge < -0.3 is 10.4 Å². The third-order valence-corrected chi connectivity index (χ3v) is 7.72. The van der Waals surface area contributed by atoms with Crippen molar-refractivity contribution in [2.45, 2.75) is 18.1 Å². The van der Waals surface area contributed by atoms with E-state index in [4.69, 9.17) is 16.7 Å². The van der Waals surface area contributed by atoms with Gasteiger partial charge in [0.2, 0.25) is 0 Å². The topological polar surface area (TPSA) is 125 Å². The normalized spacial score (nSPS) is 11.5. The van der Waals surface area contributed by atoms with Crippen LogP contribution in [0.1, 0.15) is 11.3 Å². The van der Waals surface area contributed by atoms with E-state index in [9.17, 15) is 13.2 Å². The third-order valence-electron chi connectivity index (χ3n) is 4.85. The molecule has 0 aliphatic rings. The van der Waals surface area contributed by atoms with Crippen LogP contribution < -0.4 is 5.32 Å². The zero-order valence-corrected chi connectivity index (χ0v) is 20.6. The van der Waals surface area contributed by atoms with Crippen LogP contribution >= 0.6 is 22.9 Å². The first kappa shape index (κ1) is 24.7. The predicted octanol–water partition coefficient (Wildman–Crippen LogP) is 4.14.